The van der Waals surface area contributed by atoms with Crippen LogP contribution in [0.3, 0.4) is 0 Å². The fourth-order valence-electron chi connectivity index (χ4n) is 12.3. The number of aromatic nitrogens is 3. The summed E-state index contributed by atoms with van der Waals surface area (Å²) in [5.74, 6) is -0.215. The van der Waals surface area contributed by atoms with Gasteiger partial charge in [-0.2, -0.15) is 5.10 Å². The average molecular weight is 1120 g/mol. The molecule has 7 rings (SSSR count). The van der Waals surface area contributed by atoms with Gasteiger partial charge in [0.2, 0.25) is 5.91 Å². The first-order valence-corrected chi connectivity index (χ1v) is 31.6. The fraction of sp³-hybridized carbons (Fsp3) is 0.688. The molecule has 0 radical (unpaired) electrons. The quantitative estimate of drug-likeness (QED) is 0.0498. The lowest BCUT2D eigenvalue weighted by Crippen LogP contribution is -2.59. The molecule has 0 aliphatic carbocycles. The van der Waals surface area contributed by atoms with Crippen molar-refractivity contribution in [3.05, 3.63) is 75.7 Å². The number of amides is 5. The number of nitrogens with zero attached hydrogens (tertiary/aromatic N) is 9. The van der Waals surface area contributed by atoms with Crippen LogP contribution < -0.4 is 10.9 Å². The summed E-state index contributed by atoms with van der Waals surface area (Å²) in [7, 11) is 2.18. The molecule has 0 bridgehead atoms. The van der Waals surface area contributed by atoms with Crippen LogP contribution in [0.25, 0.3) is 21.8 Å². The molecule has 17 heteroatoms. The molecule has 5 amide bonds. The monoisotopic (exact) mass is 1120 g/mol. The highest BCUT2D eigenvalue weighted by Crippen LogP contribution is 2.29. The Hall–Kier alpha value is -5.68. The minimum absolute atomic E-state index is 0.00993. The van der Waals surface area contributed by atoms with Crippen LogP contribution in [0.1, 0.15) is 179 Å². The summed E-state index contributed by atoms with van der Waals surface area (Å²) in [5, 5.41) is 9.80. The lowest BCUT2D eigenvalue weighted by atomic mass is 9.89. The standard InChI is InChI=1S/C64H100N10O7/c1-7-11-15-21-31-71(32-22-16-12-8-2)63(78)80-48-73-47-54-44-51(43-50(5)59(54)66-73)45-57(61(76)69-41-39-68(40-42-69)55-29-35-67(6)36-30-55)65-62(77)70-37-27-52(28-38-70)56-46-53-25-19-20-26-58(53)74(60(56)75)49-81-64(79)72(33-23-17-13-9-3)34-24-18-14-10-4/h19-20,25-26,43-44,46-47,52,55,57H,7-18,21-24,27-42,45,48-49H2,1-6H3,(H,65,77)/t57-/m1/s1. The van der Waals surface area contributed by atoms with Gasteiger partial charge in [-0.3, -0.25) is 19.1 Å². The van der Waals surface area contributed by atoms with E-state index in [1.807, 2.05) is 70.3 Å². The first-order valence-electron chi connectivity index (χ1n) is 31.6. The number of ether oxygens (including phenoxy) is 2. The molecule has 2 aromatic heterocycles. The van der Waals surface area contributed by atoms with Crippen molar-refractivity contribution in [2.45, 2.75) is 201 Å². The van der Waals surface area contributed by atoms with E-state index in [0.29, 0.717) is 82.3 Å². The van der Waals surface area contributed by atoms with Crippen LogP contribution in [0.4, 0.5) is 14.4 Å². The second-order valence-corrected chi connectivity index (χ2v) is 23.6. The van der Waals surface area contributed by atoms with Crippen LogP contribution in [0.2, 0.25) is 0 Å². The molecule has 0 spiro atoms. The van der Waals surface area contributed by atoms with Crippen molar-refractivity contribution < 1.29 is 28.7 Å². The van der Waals surface area contributed by atoms with Crippen molar-refractivity contribution >= 4 is 45.9 Å². The number of nitrogens with one attached hydrogen (secondary N) is 1. The van der Waals surface area contributed by atoms with Crippen LogP contribution in [0.15, 0.2) is 53.5 Å². The number of carbonyl (C=O) groups excluding carboxylic acids is 4. The van der Waals surface area contributed by atoms with Gasteiger partial charge in [0.25, 0.3) is 5.56 Å². The smallest absolute Gasteiger partial charge is 0.411 e. The number of unbranched alkanes of at least 4 members (excludes halogenated alkanes) is 12. The van der Waals surface area contributed by atoms with Gasteiger partial charge in [-0.05, 0) is 119 Å². The number of para-hydroxylation sites is 1. The minimum Gasteiger partial charge on any atom is -0.427 e. The number of aryl methyl sites for hydroxylation is 1. The summed E-state index contributed by atoms with van der Waals surface area (Å²) in [4.78, 5) is 83.2. The Bertz CT molecular complexity index is 2620. The lowest BCUT2D eigenvalue weighted by molar-refractivity contribution is -0.135. The number of likely N-dealkylation sites (tertiary alicyclic amines) is 2. The fourth-order valence-corrected chi connectivity index (χ4v) is 12.3. The number of benzene rings is 2. The zero-order valence-electron chi connectivity index (χ0n) is 50.5. The maximum absolute atomic E-state index is 14.8. The second-order valence-electron chi connectivity index (χ2n) is 23.6. The minimum atomic E-state index is -0.822. The molecule has 2 aromatic carbocycles. The Balaban J connectivity index is 1.03. The van der Waals surface area contributed by atoms with E-state index in [4.69, 9.17) is 14.6 Å². The molecular formula is C64H100N10O7. The molecule has 1 N–H and O–H groups in total. The summed E-state index contributed by atoms with van der Waals surface area (Å²) in [6.45, 7) is 19.0. The Morgan fingerprint density at radius 2 is 1.20 bits per heavy atom. The van der Waals surface area contributed by atoms with Crippen molar-refractivity contribution in [1.82, 2.24) is 49.1 Å². The molecule has 1 atom stereocenters. The van der Waals surface area contributed by atoms with E-state index in [2.05, 4.69) is 49.9 Å². The van der Waals surface area contributed by atoms with Crippen LogP contribution in [-0.2, 0) is 34.2 Å². The Kier molecular flexibility index (Phi) is 25.5. The summed E-state index contributed by atoms with van der Waals surface area (Å²) < 4.78 is 15.1. The van der Waals surface area contributed by atoms with E-state index in [9.17, 15) is 24.0 Å². The highest BCUT2D eigenvalue weighted by Gasteiger charge is 2.34. The molecule has 17 nitrogen and oxygen atoms in total. The van der Waals surface area contributed by atoms with E-state index >= 15 is 0 Å². The molecule has 3 aliphatic heterocycles. The molecule has 81 heavy (non-hydrogen) atoms. The van der Waals surface area contributed by atoms with Gasteiger partial charge in [-0.1, -0.05) is 129 Å². The number of rotatable bonds is 30. The van der Waals surface area contributed by atoms with Gasteiger partial charge in [0.05, 0.1) is 11.0 Å². The molecule has 0 unspecified atom stereocenters. The Labute approximate surface area is 484 Å². The lowest BCUT2D eigenvalue weighted by Gasteiger charge is -2.43. The van der Waals surface area contributed by atoms with Gasteiger partial charge in [0.1, 0.15) is 6.04 Å². The Morgan fingerprint density at radius 1 is 0.642 bits per heavy atom. The van der Waals surface area contributed by atoms with E-state index in [1.165, 1.54) is 0 Å². The van der Waals surface area contributed by atoms with Gasteiger partial charge in [0.15, 0.2) is 13.5 Å². The average Bonchev–Trinajstić information content (AvgIpc) is 3.91. The summed E-state index contributed by atoms with van der Waals surface area (Å²) >= 11 is 0. The second kappa shape index (κ2) is 32.8. The Morgan fingerprint density at radius 3 is 1.77 bits per heavy atom. The topological polar surface area (TPSA) is 158 Å². The van der Waals surface area contributed by atoms with Gasteiger partial charge in [0, 0.05) is 95.1 Å². The van der Waals surface area contributed by atoms with Crippen molar-refractivity contribution in [3.63, 3.8) is 0 Å². The van der Waals surface area contributed by atoms with Gasteiger partial charge in [-0.25, -0.2) is 19.1 Å². The van der Waals surface area contributed by atoms with Crippen LogP contribution in [-0.4, -0.2) is 166 Å². The number of urea groups is 1. The maximum Gasteiger partial charge on any atom is 0.411 e. The number of piperazine rings is 1. The summed E-state index contributed by atoms with van der Waals surface area (Å²) in [6, 6.07) is 13.2. The highest BCUT2D eigenvalue weighted by atomic mass is 16.6. The van der Waals surface area contributed by atoms with Gasteiger partial charge in [-0.15, -0.1) is 0 Å². The van der Waals surface area contributed by atoms with Crippen LogP contribution in [0, 0.1) is 6.92 Å². The molecule has 3 fully saturated rings. The van der Waals surface area contributed by atoms with E-state index in [0.717, 1.165) is 169 Å². The number of hydrogen-bond donors (Lipinski definition) is 1. The first kappa shape index (κ1) is 62.9. The third-order valence-electron chi connectivity index (χ3n) is 17.3. The van der Waals surface area contributed by atoms with Crippen LogP contribution in [0.5, 0.6) is 0 Å². The zero-order valence-corrected chi connectivity index (χ0v) is 50.5. The van der Waals surface area contributed by atoms with Crippen LogP contribution >= 0.6 is 0 Å². The third kappa shape index (κ3) is 18.4. The molecule has 4 aromatic rings. The number of carbonyl (C=O) groups is 4. The number of piperidine rings is 2. The van der Waals surface area contributed by atoms with E-state index < -0.39 is 6.04 Å². The van der Waals surface area contributed by atoms with Crippen molar-refractivity contribution in [2.24, 2.45) is 0 Å². The largest absolute Gasteiger partial charge is 0.427 e. The van der Waals surface area contributed by atoms with Crippen molar-refractivity contribution in [3.8, 4) is 0 Å². The first-order chi connectivity index (χ1) is 39.4. The van der Waals surface area contributed by atoms with Gasteiger partial charge >= 0.3 is 18.2 Å². The number of pyridine rings is 1. The molecule has 448 valence electrons. The van der Waals surface area contributed by atoms with E-state index in [1.54, 1.807) is 14.1 Å². The van der Waals surface area contributed by atoms with Crippen molar-refractivity contribution in [2.75, 3.05) is 85.6 Å². The predicted molar refractivity (Wildman–Crippen MR) is 324 cm³/mol. The SMILES string of the molecule is CCCCCCN(CCCCCC)C(=O)OCn1cc2cc(C[C@@H](NC(=O)N3CCC(c4cc5ccccc5n(COC(=O)N(CCCCCC)CCCCCC)c4=O)CC3)C(=O)N3CCN(C4CCN(C)CC4)CC3)cc(C)c2n1. The molecule has 3 saturated heterocycles. The van der Waals surface area contributed by atoms with E-state index in [-0.39, 0.29) is 55.5 Å². The molecular weight excluding hydrogens is 1020 g/mol. The predicted octanol–water partition coefficient (Wildman–Crippen LogP) is 11.5. The number of fused-ring (bicyclic) bond motifs is 2. The summed E-state index contributed by atoms with van der Waals surface area (Å²) in [6.07, 6.45) is 21.9. The van der Waals surface area contributed by atoms with Crippen molar-refractivity contribution in [1.29, 1.82) is 0 Å². The molecule has 5 heterocycles. The normalized spacial score (nSPS) is 16.3. The molecule has 0 saturated carbocycles. The number of hydrogen-bond acceptors (Lipinski definition) is 10. The summed E-state index contributed by atoms with van der Waals surface area (Å²) in [5.41, 5.74) is 3.79. The maximum atomic E-state index is 14.8. The third-order valence-corrected chi connectivity index (χ3v) is 17.3. The molecule has 3 aliphatic rings. The zero-order chi connectivity index (χ0) is 57.5. The highest BCUT2D eigenvalue weighted by molar-refractivity contribution is 5.88. The van der Waals surface area contributed by atoms with Gasteiger partial charge < -0.3 is 39.3 Å².